The number of H-pyrrole nitrogens is 1. The van der Waals surface area contributed by atoms with Crippen molar-refractivity contribution in [1.82, 2.24) is 15.1 Å². The molecule has 26 heavy (non-hydrogen) atoms. The van der Waals surface area contributed by atoms with Crippen molar-refractivity contribution < 1.29 is 9.47 Å². The molecular weight excluding hydrogens is 326 g/mol. The molecule has 0 radical (unpaired) electrons. The number of unbranched alkanes of at least 4 members (excludes halogenated alkanes) is 1. The van der Waals surface area contributed by atoms with Crippen LogP contribution in [0, 0.1) is 11.3 Å². The fraction of sp³-hybridized carbons (Fsp3) is 0.857. The second-order valence-corrected chi connectivity index (χ2v) is 8.62. The summed E-state index contributed by atoms with van der Waals surface area (Å²) < 4.78 is 11.0. The van der Waals surface area contributed by atoms with Crippen LogP contribution in [0.15, 0.2) is 6.20 Å². The van der Waals surface area contributed by atoms with Crippen molar-refractivity contribution in [3.05, 3.63) is 17.5 Å². The summed E-state index contributed by atoms with van der Waals surface area (Å²) in [5, 5.41) is 7.70. The van der Waals surface area contributed by atoms with E-state index in [2.05, 4.69) is 42.9 Å². The molecule has 1 N–H and O–H groups in total. The van der Waals surface area contributed by atoms with E-state index in [1.165, 1.54) is 43.4 Å². The monoisotopic (exact) mass is 365 g/mol. The van der Waals surface area contributed by atoms with E-state index in [1.54, 1.807) is 7.11 Å². The van der Waals surface area contributed by atoms with E-state index < -0.39 is 0 Å². The number of nitrogens with one attached hydrogen (secondary N) is 1. The van der Waals surface area contributed by atoms with E-state index in [1.807, 2.05) is 6.20 Å². The van der Waals surface area contributed by atoms with Gasteiger partial charge >= 0.3 is 0 Å². The highest BCUT2D eigenvalue weighted by molar-refractivity contribution is 5.21. The van der Waals surface area contributed by atoms with Crippen LogP contribution in [0.25, 0.3) is 0 Å². The summed E-state index contributed by atoms with van der Waals surface area (Å²) >= 11 is 0. The maximum Gasteiger partial charge on any atom is 0.0700 e. The first-order valence-electron chi connectivity index (χ1n) is 10.2. The maximum atomic E-state index is 5.89. The zero-order chi connectivity index (χ0) is 19.0. The van der Waals surface area contributed by atoms with Crippen molar-refractivity contribution in [1.29, 1.82) is 0 Å². The van der Waals surface area contributed by atoms with Crippen molar-refractivity contribution in [2.75, 3.05) is 40.5 Å². The molecule has 1 aliphatic carbocycles. The Kier molecular flexibility index (Phi) is 8.58. The lowest BCUT2D eigenvalue weighted by atomic mass is 9.65. The van der Waals surface area contributed by atoms with Gasteiger partial charge in [0.2, 0.25) is 0 Å². The first kappa shape index (κ1) is 21.4. The molecule has 2 rings (SSSR count). The Morgan fingerprint density at radius 3 is 2.88 bits per heavy atom. The standard InChI is InChI=1S/C21H39N3O2/c1-6-7-10-24(4)15-18-14-22-23-20(18)17-8-9-21(2,3)19(13-17)16-26-12-11-25-5/h14,17,19H,6-13,15-16H2,1-5H3,(H,22,23)/t17?,19-/m0/s1. The van der Waals surface area contributed by atoms with E-state index in [9.17, 15) is 0 Å². The van der Waals surface area contributed by atoms with Crippen LogP contribution >= 0.6 is 0 Å². The lowest BCUT2D eigenvalue weighted by Gasteiger charge is -2.42. The number of rotatable bonds is 11. The topological polar surface area (TPSA) is 50.4 Å². The summed E-state index contributed by atoms with van der Waals surface area (Å²) in [6.45, 7) is 11.3. The van der Waals surface area contributed by atoms with E-state index in [0.29, 0.717) is 30.5 Å². The molecule has 1 aromatic rings. The average Bonchev–Trinajstić information content (AvgIpc) is 3.06. The third kappa shape index (κ3) is 6.07. The lowest BCUT2D eigenvalue weighted by molar-refractivity contribution is -0.000399. The summed E-state index contributed by atoms with van der Waals surface area (Å²) in [6.07, 6.45) is 8.16. The normalized spacial score (nSPS) is 22.8. The van der Waals surface area contributed by atoms with Gasteiger partial charge in [0.25, 0.3) is 0 Å². The fourth-order valence-corrected chi connectivity index (χ4v) is 4.05. The molecule has 0 bridgehead atoms. The molecule has 0 saturated heterocycles. The first-order valence-corrected chi connectivity index (χ1v) is 10.2. The van der Waals surface area contributed by atoms with Crippen LogP contribution in [-0.2, 0) is 16.0 Å². The van der Waals surface area contributed by atoms with Gasteiger partial charge in [-0.05, 0) is 50.6 Å². The molecule has 2 atom stereocenters. The molecule has 1 aliphatic rings. The molecule has 1 fully saturated rings. The van der Waals surface area contributed by atoms with Gasteiger partial charge in [0.15, 0.2) is 0 Å². The Morgan fingerprint density at radius 2 is 2.15 bits per heavy atom. The van der Waals surface area contributed by atoms with Gasteiger partial charge in [-0.2, -0.15) is 5.10 Å². The zero-order valence-electron chi connectivity index (χ0n) is 17.5. The van der Waals surface area contributed by atoms with Gasteiger partial charge in [0.05, 0.1) is 26.0 Å². The average molecular weight is 366 g/mol. The van der Waals surface area contributed by atoms with Crippen LogP contribution < -0.4 is 0 Å². The second-order valence-electron chi connectivity index (χ2n) is 8.62. The molecular formula is C21H39N3O2. The number of aromatic nitrogens is 2. The third-order valence-electron chi connectivity index (χ3n) is 6.06. The Balaban J connectivity index is 1.97. The van der Waals surface area contributed by atoms with E-state index in [4.69, 9.17) is 9.47 Å². The van der Waals surface area contributed by atoms with Gasteiger partial charge in [-0.25, -0.2) is 0 Å². The van der Waals surface area contributed by atoms with Gasteiger partial charge in [-0.3, -0.25) is 5.10 Å². The molecule has 0 aliphatic heterocycles. The summed E-state index contributed by atoms with van der Waals surface area (Å²) in [6, 6.07) is 0. The first-order chi connectivity index (χ1) is 12.5. The molecule has 0 spiro atoms. The number of hydrogen-bond donors (Lipinski definition) is 1. The summed E-state index contributed by atoms with van der Waals surface area (Å²) in [5.74, 6) is 1.14. The smallest absolute Gasteiger partial charge is 0.0700 e. The van der Waals surface area contributed by atoms with Crippen LogP contribution in [-0.4, -0.2) is 55.6 Å². The van der Waals surface area contributed by atoms with Gasteiger partial charge in [0, 0.05) is 30.8 Å². The number of ether oxygens (including phenoxy) is 2. The van der Waals surface area contributed by atoms with Crippen molar-refractivity contribution >= 4 is 0 Å². The zero-order valence-corrected chi connectivity index (χ0v) is 17.5. The molecule has 5 heteroatoms. The largest absolute Gasteiger partial charge is 0.382 e. The highest BCUT2D eigenvalue weighted by Crippen LogP contribution is 2.47. The van der Waals surface area contributed by atoms with E-state index in [-0.39, 0.29) is 0 Å². The minimum absolute atomic E-state index is 0.335. The Labute approximate surface area is 159 Å². The third-order valence-corrected chi connectivity index (χ3v) is 6.06. The highest BCUT2D eigenvalue weighted by atomic mass is 16.5. The SMILES string of the molecule is CCCCN(C)Cc1cn[nH]c1C1CCC(C)(C)[C@H](COCCOC)C1. The van der Waals surface area contributed by atoms with Crippen LogP contribution in [0.3, 0.4) is 0 Å². The van der Waals surface area contributed by atoms with Gasteiger partial charge < -0.3 is 14.4 Å². The van der Waals surface area contributed by atoms with Crippen molar-refractivity contribution in [2.24, 2.45) is 11.3 Å². The fourth-order valence-electron chi connectivity index (χ4n) is 4.05. The predicted octanol–water partition coefficient (Wildman–Crippen LogP) is 4.21. The van der Waals surface area contributed by atoms with Crippen molar-refractivity contribution in [3.63, 3.8) is 0 Å². The predicted molar refractivity (Wildman–Crippen MR) is 106 cm³/mol. The van der Waals surface area contributed by atoms with Gasteiger partial charge in [-0.15, -0.1) is 0 Å². The molecule has 1 unspecified atom stereocenters. The molecule has 1 aromatic heterocycles. The number of methoxy groups -OCH3 is 1. The van der Waals surface area contributed by atoms with Crippen LogP contribution in [0.5, 0.6) is 0 Å². The second kappa shape index (κ2) is 10.4. The maximum absolute atomic E-state index is 5.89. The Morgan fingerprint density at radius 1 is 1.35 bits per heavy atom. The Hall–Kier alpha value is -0.910. The molecule has 0 aromatic carbocycles. The highest BCUT2D eigenvalue weighted by Gasteiger charge is 2.38. The van der Waals surface area contributed by atoms with Crippen molar-refractivity contribution in [3.8, 4) is 0 Å². The summed E-state index contributed by atoms with van der Waals surface area (Å²) in [7, 11) is 3.93. The Bertz CT molecular complexity index is 515. The van der Waals surface area contributed by atoms with E-state index in [0.717, 1.165) is 19.7 Å². The van der Waals surface area contributed by atoms with Gasteiger partial charge in [-0.1, -0.05) is 27.2 Å². The summed E-state index contributed by atoms with van der Waals surface area (Å²) in [4.78, 5) is 2.41. The summed E-state index contributed by atoms with van der Waals surface area (Å²) in [5.41, 5.74) is 3.06. The minimum atomic E-state index is 0.335. The number of aromatic amines is 1. The minimum Gasteiger partial charge on any atom is -0.382 e. The van der Waals surface area contributed by atoms with Gasteiger partial charge in [0.1, 0.15) is 0 Å². The number of nitrogens with zero attached hydrogens (tertiary/aromatic N) is 2. The van der Waals surface area contributed by atoms with Crippen LogP contribution in [0.4, 0.5) is 0 Å². The molecule has 1 saturated carbocycles. The molecule has 1 heterocycles. The molecule has 150 valence electrons. The lowest BCUT2D eigenvalue weighted by Crippen LogP contribution is -2.35. The number of hydrogen-bond acceptors (Lipinski definition) is 4. The van der Waals surface area contributed by atoms with Crippen LogP contribution in [0.2, 0.25) is 0 Å². The molecule has 5 nitrogen and oxygen atoms in total. The van der Waals surface area contributed by atoms with Crippen LogP contribution in [0.1, 0.15) is 70.1 Å². The quantitative estimate of drug-likeness (QED) is 0.597. The molecule has 0 amide bonds. The van der Waals surface area contributed by atoms with E-state index >= 15 is 0 Å². The van der Waals surface area contributed by atoms with Crippen molar-refractivity contribution in [2.45, 2.75) is 65.3 Å².